The Bertz CT molecular complexity index is 1270. The number of nitrogens with zero attached hydrogens (tertiary/aromatic N) is 4. The number of hydrogen-bond donors (Lipinski definition) is 2. The van der Waals surface area contributed by atoms with Gasteiger partial charge in [0.25, 0.3) is 6.20 Å². The maximum Gasteiger partial charge on any atom is 0.416 e. The minimum atomic E-state index is -4.50. The van der Waals surface area contributed by atoms with Gasteiger partial charge in [0.15, 0.2) is 0 Å². The van der Waals surface area contributed by atoms with Crippen molar-refractivity contribution in [3.63, 3.8) is 0 Å². The van der Waals surface area contributed by atoms with Crippen LogP contribution in [0.25, 0.3) is 11.1 Å². The monoisotopic (exact) mass is 455 g/mol. The Hall–Kier alpha value is -4.28. The fourth-order valence-corrected chi connectivity index (χ4v) is 3.12. The molecule has 0 fully saturated rings. The number of carbonyl (C=O) groups is 1. The number of alkyl halides is 3. The Morgan fingerprint density at radius 1 is 1.06 bits per heavy atom. The molecule has 0 saturated carbocycles. The Kier molecular flexibility index (Phi) is 6.03. The highest BCUT2D eigenvalue weighted by Gasteiger charge is 2.30. The summed E-state index contributed by atoms with van der Waals surface area (Å²) in [5.41, 5.74) is 3.09. The zero-order chi connectivity index (χ0) is 23.4. The normalized spacial score (nSPS) is 11.3. The SMILES string of the molecule is Cc1cnncc1-c1ccc(C[n+]2cc(NC(=O)Nc3cccc(C(F)(F)F)c3)on2)cc1. The van der Waals surface area contributed by atoms with Gasteiger partial charge in [-0.2, -0.15) is 23.4 Å². The molecule has 0 radical (unpaired) electrons. The molecule has 2 N–H and O–H groups in total. The molecule has 2 heterocycles. The zero-order valence-electron chi connectivity index (χ0n) is 17.3. The van der Waals surface area contributed by atoms with Crippen molar-refractivity contribution >= 4 is 17.6 Å². The topological polar surface area (TPSA) is 96.8 Å². The molecule has 0 aliphatic carbocycles. The van der Waals surface area contributed by atoms with Gasteiger partial charge in [-0.3, -0.25) is 9.84 Å². The summed E-state index contributed by atoms with van der Waals surface area (Å²) >= 11 is 0. The molecule has 0 aliphatic heterocycles. The molecule has 2 amide bonds. The molecule has 8 nitrogen and oxygen atoms in total. The highest BCUT2D eigenvalue weighted by molar-refractivity contribution is 5.98. The van der Waals surface area contributed by atoms with Crippen molar-refractivity contribution in [2.24, 2.45) is 0 Å². The summed E-state index contributed by atoms with van der Waals surface area (Å²) < 4.78 is 45.0. The molecule has 33 heavy (non-hydrogen) atoms. The number of amides is 2. The van der Waals surface area contributed by atoms with E-state index < -0.39 is 17.8 Å². The number of urea groups is 1. The predicted octanol–water partition coefficient (Wildman–Crippen LogP) is 4.44. The van der Waals surface area contributed by atoms with Gasteiger partial charge in [0.2, 0.25) is 11.8 Å². The summed E-state index contributed by atoms with van der Waals surface area (Å²) in [5, 5.41) is 16.3. The zero-order valence-corrected chi connectivity index (χ0v) is 17.3. The number of carbonyl (C=O) groups excluding carboxylic acids is 1. The summed E-state index contributed by atoms with van der Waals surface area (Å²) in [6, 6.07) is 11.3. The maximum atomic E-state index is 12.8. The van der Waals surface area contributed by atoms with Crippen LogP contribution in [-0.4, -0.2) is 21.5 Å². The minimum absolute atomic E-state index is 0.00515. The third-order valence-corrected chi connectivity index (χ3v) is 4.73. The van der Waals surface area contributed by atoms with Crippen LogP contribution in [0.4, 0.5) is 29.5 Å². The van der Waals surface area contributed by atoms with Crippen molar-refractivity contribution in [1.82, 2.24) is 15.5 Å². The smallest absolute Gasteiger partial charge is 0.308 e. The minimum Gasteiger partial charge on any atom is -0.308 e. The predicted molar refractivity (Wildman–Crippen MR) is 112 cm³/mol. The largest absolute Gasteiger partial charge is 0.416 e. The van der Waals surface area contributed by atoms with E-state index in [9.17, 15) is 18.0 Å². The third-order valence-electron chi connectivity index (χ3n) is 4.73. The van der Waals surface area contributed by atoms with Crippen LogP contribution < -0.4 is 15.3 Å². The van der Waals surface area contributed by atoms with Crippen molar-refractivity contribution in [3.8, 4) is 11.1 Å². The van der Waals surface area contributed by atoms with E-state index in [1.54, 1.807) is 12.4 Å². The average Bonchev–Trinajstić information content (AvgIpc) is 3.21. The van der Waals surface area contributed by atoms with Gasteiger partial charge in [-0.15, -0.1) is 0 Å². The van der Waals surface area contributed by atoms with Crippen molar-refractivity contribution in [1.29, 1.82) is 0 Å². The molecule has 2 aromatic carbocycles. The first-order chi connectivity index (χ1) is 15.8. The Morgan fingerprint density at radius 2 is 1.82 bits per heavy atom. The summed E-state index contributed by atoms with van der Waals surface area (Å²) in [4.78, 5) is 12.1. The van der Waals surface area contributed by atoms with Gasteiger partial charge in [0.05, 0.1) is 18.0 Å². The summed E-state index contributed by atoms with van der Waals surface area (Å²) in [7, 11) is 0. The van der Waals surface area contributed by atoms with E-state index in [-0.39, 0.29) is 11.6 Å². The first-order valence-corrected chi connectivity index (χ1v) is 9.76. The lowest BCUT2D eigenvalue weighted by Gasteiger charge is -2.09. The number of hydrogen-bond acceptors (Lipinski definition) is 5. The number of benzene rings is 2. The summed E-state index contributed by atoms with van der Waals surface area (Å²) in [5.74, 6) is 0.0366. The van der Waals surface area contributed by atoms with Crippen LogP contribution in [-0.2, 0) is 12.7 Å². The molecule has 0 spiro atoms. The van der Waals surface area contributed by atoms with Gasteiger partial charge in [0.1, 0.15) is 0 Å². The second-order valence-electron chi connectivity index (χ2n) is 7.20. The van der Waals surface area contributed by atoms with Gasteiger partial charge in [-0.1, -0.05) is 30.3 Å². The van der Waals surface area contributed by atoms with Gasteiger partial charge in [-0.05, 0) is 40.9 Å². The van der Waals surface area contributed by atoms with E-state index in [1.807, 2.05) is 31.2 Å². The number of anilines is 2. The average molecular weight is 455 g/mol. The molecule has 2 aromatic heterocycles. The second kappa shape index (κ2) is 9.07. The maximum absolute atomic E-state index is 12.8. The molecule has 0 unspecified atom stereocenters. The van der Waals surface area contributed by atoms with Gasteiger partial charge in [0, 0.05) is 16.8 Å². The van der Waals surface area contributed by atoms with Gasteiger partial charge < -0.3 is 5.32 Å². The lowest BCUT2D eigenvalue weighted by atomic mass is 10.0. The van der Waals surface area contributed by atoms with Crippen LogP contribution >= 0.6 is 0 Å². The molecule has 4 aromatic rings. The van der Waals surface area contributed by atoms with Crippen LogP contribution in [0, 0.1) is 6.92 Å². The molecule has 168 valence electrons. The van der Waals surface area contributed by atoms with E-state index in [4.69, 9.17) is 4.52 Å². The van der Waals surface area contributed by atoms with E-state index in [2.05, 4.69) is 26.1 Å². The molecule has 11 heteroatoms. The highest BCUT2D eigenvalue weighted by atomic mass is 19.4. The Labute approximate surface area is 186 Å². The van der Waals surface area contributed by atoms with Crippen molar-refractivity contribution in [2.45, 2.75) is 19.6 Å². The van der Waals surface area contributed by atoms with Crippen molar-refractivity contribution in [3.05, 3.63) is 83.8 Å². The Balaban J connectivity index is 1.36. The molecular weight excluding hydrogens is 437 g/mol. The number of aromatic nitrogens is 4. The van der Waals surface area contributed by atoms with E-state index in [0.29, 0.717) is 6.54 Å². The standard InChI is InChI=1S/C22H17F3N6O2/c1-14-10-26-27-11-19(14)16-7-5-15(6-8-16)12-31-13-20(33-30-31)29-21(32)28-18-4-2-3-17(9-18)22(23,24)25/h2-11,13H,12H2,1H3,(H-,28,29,30,32)/p+1. The van der Waals surface area contributed by atoms with E-state index in [0.717, 1.165) is 34.4 Å². The van der Waals surface area contributed by atoms with Crippen LogP contribution in [0.2, 0.25) is 0 Å². The van der Waals surface area contributed by atoms with Gasteiger partial charge >= 0.3 is 18.1 Å². The van der Waals surface area contributed by atoms with Crippen LogP contribution in [0.1, 0.15) is 16.7 Å². The van der Waals surface area contributed by atoms with Crippen molar-refractivity contribution < 1.29 is 27.2 Å². The van der Waals surface area contributed by atoms with Crippen LogP contribution in [0.15, 0.2) is 71.6 Å². The number of aryl methyl sites for hydroxylation is 1. The lowest BCUT2D eigenvalue weighted by molar-refractivity contribution is -0.754. The number of nitrogens with one attached hydrogen (secondary N) is 2. The molecular formula is C22H18F3N6O2+. The number of halogens is 3. The summed E-state index contributed by atoms with van der Waals surface area (Å²) in [6.07, 6.45) is 0.374. The molecule has 4 rings (SSSR count). The third kappa shape index (κ3) is 5.50. The van der Waals surface area contributed by atoms with Gasteiger partial charge in [-0.25, -0.2) is 4.79 Å². The second-order valence-corrected chi connectivity index (χ2v) is 7.20. The van der Waals surface area contributed by atoms with Crippen LogP contribution in [0.3, 0.4) is 0 Å². The van der Waals surface area contributed by atoms with Crippen LogP contribution in [0.5, 0.6) is 0 Å². The first-order valence-electron chi connectivity index (χ1n) is 9.76. The lowest BCUT2D eigenvalue weighted by Crippen LogP contribution is -2.35. The van der Waals surface area contributed by atoms with E-state index >= 15 is 0 Å². The summed E-state index contributed by atoms with van der Waals surface area (Å²) in [6.45, 7) is 2.34. The van der Waals surface area contributed by atoms with Crippen molar-refractivity contribution in [2.75, 3.05) is 10.6 Å². The molecule has 0 bridgehead atoms. The highest BCUT2D eigenvalue weighted by Crippen LogP contribution is 2.30. The fraction of sp³-hybridized carbons (Fsp3) is 0.136. The van der Waals surface area contributed by atoms with E-state index in [1.165, 1.54) is 23.0 Å². The first kappa shape index (κ1) is 21.9. The molecule has 0 aliphatic rings. The number of rotatable bonds is 5. The quantitative estimate of drug-likeness (QED) is 0.434. The fourth-order valence-electron chi connectivity index (χ4n) is 3.12. The molecule has 0 saturated heterocycles. The molecule has 0 atom stereocenters. The Morgan fingerprint density at radius 3 is 2.55 bits per heavy atom.